The van der Waals surface area contributed by atoms with E-state index in [1.165, 1.54) is 33.4 Å². The first kappa shape index (κ1) is 11.3. The summed E-state index contributed by atoms with van der Waals surface area (Å²) in [6.07, 6.45) is 0. The van der Waals surface area contributed by atoms with Crippen molar-refractivity contribution < 1.29 is 0 Å². The number of allylic oxidation sites excluding steroid dienone is 6. The summed E-state index contributed by atoms with van der Waals surface area (Å²) in [4.78, 5) is 0. The van der Waals surface area contributed by atoms with Crippen molar-refractivity contribution in [3.63, 3.8) is 0 Å². The van der Waals surface area contributed by atoms with Crippen LogP contribution in [0.2, 0.25) is 0 Å². The van der Waals surface area contributed by atoms with Gasteiger partial charge < -0.3 is 0 Å². The Labute approximate surface area is 88.4 Å². The van der Waals surface area contributed by atoms with E-state index in [1.807, 2.05) is 0 Å². The van der Waals surface area contributed by atoms with Crippen LogP contribution in [0.5, 0.6) is 0 Å². The van der Waals surface area contributed by atoms with Crippen molar-refractivity contribution in [2.45, 2.75) is 48.5 Å². The van der Waals surface area contributed by atoms with Crippen molar-refractivity contribution >= 4 is 0 Å². The zero-order valence-electron chi connectivity index (χ0n) is 10.6. The smallest absolute Gasteiger partial charge is 0.00153 e. The topological polar surface area (TPSA) is 0 Å². The summed E-state index contributed by atoms with van der Waals surface area (Å²) in [5, 5.41) is 0. The van der Waals surface area contributed by atoms with Crippen molar-refractivity contribution in [3.8, 4) is 0 Å². The average molecular weight is 190 g/mol. The van der Waals surface area contributed by atoms with Crippen molar-refractivity contribution in [1.82, 2.24) is 0 Å². The van der Waals surface area contributed by atoms with Gasteiger partial charge in [0, 0.05) is 0 Å². The van der Waals surface area contributed by atoms with Crippen LogP contribution in [-0.2, 0) is 0 Å². The molecule has 0 aromatic carbocycles. The highest BCUT2D eigenvalue weighted by Crippen LogP contribution is 2.35. The third-order valence-corrected chi connectivity index (χ3v) is 4.17. The molecule has 0 saturated heterocycles. The molecule has 0 unspecified atom stereocenters. The second-order valence-electron chi connectivity index (χ2n) is 4.59. The van der Waals surface area contributed by atoms with E-state index in [0.717, 1.165) is 0 Å². The van der Waals surface area contributed by atoms with Gasteiger partial charge in [-0.1, -0.05) is 18.1 Å². The van der Waals surface area contributed by atoms with Gasteiger partial charge in [-0.05, 0) is 69.8 Å². The lowest BCUT2D eigenvalue weighted by Gasteiger charge is -2.15. The van der Waals surface area contributed by atoms with Crippen molar-refractivity contribution in [2.75, 3.05) is 0 Å². The van der Waals surface area contributed by atoms with Crippen LogP contribution >= 0.6 is 0 Å². The summed E-state index contributed by atoms with van der Waals surface area (Å²) < 4.78 is 0. The van der Waals surface area contributed by atoms with Crippen LogP contribution in [-0.4, -0.2) is 0 Å². The zero-order chi connectivity index (χ0) is 11.0. The highest BCUT2D eigenvalue weighted by atomic mass is 14.2. The Kier molecular flexibility index (Phi) is 3.04. The third-order valence-electron chi connectivity index (χ3n) is 4.17. The average Bonchev–Trinajstić information content (AvgIpc) is 2.23. The van der Waals surface area contributed by atoms with Gasteiger partial charge in [-0.15, -0.1) is 0 Å². The largest absolute Gasteiger partial charge is 0.0632 e. The molecule has 14 heavy (non-hydrogen) atoms. The Bertz CT molecular complexity index is 314. The van der Waals surface area contributed by atoms with Crippen LogP contribution in [0.3, 0.4) is 0 Å². The van der Waals surface area contributed by atoms with Gasteiger partial charge in [-0.3, -0.25) is 0 Å². The number of rotatable bonds is 0. The fraction of sp³-hybridized carbons (Fsp3) is 0.571. The Morgan fingerprint density at radius 1 is 0.571 bits per heavy atom. The molecule has 0 saturated carbocycles. The quantitative estimate of drug-likeness (QED) is 0.522. The van der Waals surface area contributed by atoms with E-state index in [2.05, 4.69) is 48.5 Å². The fourth-order valence-electron chi connectivity index (χ4n) is 2.13. The molecule has 1 aliphatic rings. The molecule has 0 aromatic heterocycles. The monoisotopic (exact) mass is 190 g/mol. The molecule has 1 rings (SSSR count). The predicted octanol–water partition coefficient (Wildman–Crippen LogP) is 4.65. The highest BCUT2D eigenvalue weighted by Gasteiger charge is 2.18. The molecule has 0 radical (unpaired) electrons. The Morgan fingerprint density at radius 2 is 0.857 bits per heavy atom. The standard InChI is InChI=1S/C14H22/c1-8-9(2)11(4)13(6)14(7)12(5)10(8)3/h8H,1-7H3. The van der Waals surface area contributed by atoms with E-state index in [9.17, 15) is 0 Å². The van der Waals surface area contributed by atoms with Gasteiger partial charge in [0.1, 0.15) is 0 Å². The predicted molar refractivity (Wildman–Crippen MR) is 64.3 cm³/mol. The number of hydrogen-bond acceptors (Lipinski definition) is 0. The summed E-state index contributed by atoms with van der Waals surface area (Å²) in [7, 11) is 0. The van der Waals surface area contributed by atoms with Gasteiger partial charge in [0.05, 0.1) is 0 Å². The number of hydrogen-bond donors (Lipinski definition) is 0. The normalized spacial score (nSPS) is 20.8. The summed E-state index contributed by atoms with van der Waals surface area (Å²) in [6, 6.07) is 0. The lowest BCUT2D eigenvalue weighted by molar-refractivity contribution is 0.784. The lowest BCUT2D eigenvalue weighted by Crippen LogP contribution is -2.00. The Hall–Kier alpha value is -0.780. The minimum absolute atomic E-state index is 0.599. The first-order chi connectivity index (χ1) is 6.37. The summed E-state index contributed by atoms with van der Waals surface area (Å²) in [5.74, 6) is 0.599. The van der Waals surface area contributed by atoms with E-state index < -0.39 is 0 Å². The van der Waals surface area contributed by atoms with Crippen LogP contribution in [0, 0.1) is 5.92 Å². The molecule has 0 atom stereocenters. The van der Waals surface area contributed by atoms with E-state index in [1.54, 1.807) is 0 Å². The van der Waals surface area contributed by atoms with Crippen molar-refractivity contribution in [3.05, 3.63) is 33.4 Å². The first-order valence-corrected chi connectivity index (χ1v) is 5.40. The summed E-state index contributed by atoms with van der Waals surface area (Å²) in [6.45, 7) is 15.8. The fourth-order valence-corrected chi connectivity index (χ4v) is 2.13. The summed E-state index contributed by atoms with van der Waals surface area (Å²) in [5.41, 5.74) is 8.93. The van der Waals surface area contributed by atoms with Gasteiger partial charge in [0.25, 0.3) is 0 Å². The maximum atomic E-state index is 2.31. The minimum atomic E-state index is 0.599. The van der Waals surface area contributed by atoms with Crippen LogP contribution in [0.15, 0.2) is 33.4 Å². The Morgan fingerprint density at radius 3 is 1.14 bits per heavy atom. The molecular weight excluding hydrogens is 168 g/mol. The first-order valence-electron chi connectivity index (χ1n) is 5.40. The lowest BCUT2D eigenvalue weighted by atomic mass is 9.90. The van der Waals surface area contributed by atoms with Crippen molar-refractivity contribution in [1.29, 1.82) is 0 Å². The third kappa shape index (κ3) is 1.58. The molecule has 0 fully saturated rings. The van der Waals surface area contributed by atoms with Gasteiger partial charge in [0.2, 0.25) is 0 Å². The van der Waals surface area contributed by atoms with Gasteiger partial charge >= 0.3 is 0 Å². The molecule has 0 heteroatoms. The van der Waals surface area contributed by atoms with Crippen molar-refractivity contribution in [2.24, 2.45) is 5.92 Å². The molecule has 0 aromatic rings. The minimum Gasteiger partial charge on any atom is -0.0632 e. The molecule has 0 amide bonds. The molecular formula is C14H22. The summed E-state index contributed by atoms with van der Waals surface area (Å²) >= 11 is 0. The molecule has 0 N–H and O–H groups in total. The van der Waals surface area contributed by atoms with E-state index in [0.29, 0.717) is 5.92 Å². The Balaban J connectivity index is 3.46. The second-order valence-corrected chi connectivity index (χ2v) is 4.59. The molecule has 0 heterocycles. The van der Waals surface area contributed by atoms with Gasteiger partial charge in [0.15, 0.2) is 0 Å². The van der Waals surface area contributed by atoms with Crippen LogP contribution in [0.1, 0.15) is 48.5 Å². The van der Waals surface area contributed by atoms with E-state index in [4.69, 9.17) is 0 Å². The molecule has 0 bridgehead atoms. The molecule has 1 aliphatic carbocycles. The molecule has 78 valence electrons. The molecule has 0 nitrogen and oxygen atoms in total. The van der Waals surface area contributed by atoms with E-state index >= 15 is 0 Å². The van der Waals surface area contributed by atoms with Gasteiger partial charge in [-0.25, -0.2) is 0 Å². The second kappa shape index (κ2) is 3.76. The van der Waals surface area contributed by atoms with Crippen LogP contribution in [0.25, 0.3) is 0 Å². The van der Waals surface area contributed by atoms with Gasteiger partial charge in [-0.2, -0.15) is 0 Å². The van der Waals surface area contributed by atoms with E-state index in [-0.39, 0.29) is 0 Å². The maximum Gasteiger partial charge on any atom is -0.00153 e. The zero-order valence-corrected chi connectivity index (χ0v) is 10.6. The molecule has 0 aliphatic heterocycles. The maximum absolute atomic E-state index is 2.31. The highest BCUT2D eigenvalue weighted by molar-refractivity contribution is 5.49. The van der Waals surface area contributed by atoms with Crippen LogP contribution in [0.4, 0.5) is 0 Å². The SMILES string of the molecule is CC1=C(C)C(C)=C(C)C(C)C(C)=C1C. The van der Waals surface area contributed by atoms with Crippen LogP contribution < -0.4 is 0 Å². The molecule has 0 spiro atoms.